The molecule has 0 aromatic rings. The summed E-state index contributed by atoms with van der Waals surface area (Å²) in [5, 5.41) is 2.95. The third-order valence-corrected chi connectivity index (χ3v) is 2.47. The van der Waals surface area contributed by atoms with Gasteiger partial charge in [-0.1, -0.05) is 13.8 Å². The zero-order valence-corrected chi connectivity index (χ0v) is 9.34. The number of nitrogens with two attached hydrogens (primary N) is 1. The Labute approximate surface area is 86.7 Å². The van der Waals surface area contributed by atoms with Gasteiger partial charge in [0.15, 0.2) is 11.1 Å². The average Bonchev–Trinajstić information content (AvgIpc) is 2.01. The first kappa shape index (κ1) is 13.5. The molecule has 5 nitrogen and oxygen atoms in total. The van der Waals surface area contributed by atoms with Crippen molar-refractivity contribution in [2.45, 2.75) is 26.3 Å². The fraction of sp³-hybridized carbons (Fsp3) is 0.875. The third-order valence-electron chi connectivity index (χ3n) is 1.83. The molecule has 0 radical (unpaired) electrons. The minimum Gasteiger partial charge on any atom is -0.368 e. The second-order valence-corrected chi connectivity index (χ2v) is 4.51. The molecule has 4 N–H and O–H groups in total. The maximum atomic E-state index is 10.9. The van der Waals surface area contributed by atoms with Crippen LogP contribution >= 0.6 is 0 Å². The molecule has 0 aliphatic heterocycles. The van der Waals surface area contributed by atoms with E-state index in [1.165, 1.54) is 0 Å². The van der Waals surface area contributed by atoms with Crippen molar-refractivity contribution in [2.24, 2.45) is 11.7 Å². The van der Waals surface area contributed by atoms with Crippen molar-refractivity contribution < 1.29 is 13.6 Å². The fourth-order valence-electron chi connectivity index (χ4n) is 1.12. The van der Waals surface area contributed by atoms with Crippen LogP contribution in [0.3, 0.4) is 0 Å². The summed E-state index contributed by atoms with van der Waals surface area (Å²) >= 11 is -1.76. The zero-order chi connectivity index (χ0) is 11.1. The first-order valence-corrected chi connectivity index (χ1v) is 5.83. The number of amides is 1. The maximum Gasteiger partial charge on any atom is 0.234 e. The zero-order valence-electron chi connectivity index (χ0n) is 8.53. The number of carbonyl (C=O) groups excluding carboxylic acids is 1. The number of nitrogens with one attached hydrogen (secondary N) is 1. The summed E-state index contributed by atoms with van der Waals surface area (Å²) in [5.41, 5.74) is 5.17. The first-order valence-electron chi connectivity index (χ1n) is 4.55. The van der Waals surface area contributed by atoms with Gasteiger partial charge in [0.2, 0.25) is 5.91 Å². The lowest BCUT2D eigenvalue weighted by molar-refractivity contribution is -0.120. The fourth-order valence-corrected chi connectivity index (χ4v) is 1.51. The van der Waals surface area contributed by atoms with Gasteiger partial charge in [0.25, 0.3) is 0 Å². The van der Waals surface area contributed by atoms with E-state index >= 15 is 0 Å². The van der Waals surface area contributed by atoms with E-state index in [0.29, 0.717) is 13.0 Å². The Hall–Kier alpha value is -0.460. The number of primary amides is 1. The van der Waals surface area contributed by atoms with Crippen molar-refractivity contribution in [3.63, 3.8) is 0 Å². The Morgan fingerprint density at radius 1 is 1.57 bits per heavy atom. The van der Waals surface area contributed by atoms with Crippen LogP contribution in [0.25, 0.3) is 0 Å². The molecular weight excluding hydrogens is 204 g/mol. The standard InChI is InChI=1S/C8H18N2O3S/c1-6(2)7(8(9)11)10-4-3-5-14(12)13/h6-7,10H,3-5H2,1-2H3,(H2,9,11)(H,12,13). The molecule has 84 valence electrons. The van der Waals surface area contributed by atoms with Gasteiger partial charge in [-0.2, -0.15) is 0 Å². The molecule has 1 amide bonds. The van der Waals surface area contributed by atoms with Crippen LogP contribution in [-0.4, -0.2) is 33.0 Å². The Kier molecular flexibility index (Phi) is 6.69. The van der Waals surface area contributed by atoms with Gasteiger partial charge in [0.05, 0.1) is 11.8 Å². The number of hydrogen-bond acceptors (Lipinski definition) is 3. The monoisotopic (exact) mass is 222 g/mol. The molecule has 0 fully saturated rings. The highest BCUT2D eigenvalue weighted by molar-refractivity contribution is 7.79. The molecule has 0 rings (SSSR count). The molecule has 0 bridgehead atoms. The van der Waals surface area contributed by atoms with Crippen molar-refractivity contribution in [2.75, 3.05) is 12.3 Å². The first-order chi connectivity index (χ1) is 6.45. The number of hydrogen-bond donors (Lipinski definition) is 3. The quantitative estimate of drug-likeness (QED) is 0.407. The SMILES string of the molecule is CC(C)C(NCCCS(=O)O)C(N)=O. The lowest BCUT2D eigenvalue weighted by Crippen LogP contribution is -2.45. The molecule has 0 aliphatic carbocycles. The lowest BCUT2D eigenvalue weighted by Gasteiger charge is -2.18. The van der Waals surface area contributed by atoms with E-state index in [-0.39, 0.29) is 23.6 Å². The predicted octanol–water partition coefficient (Wildman–Crippen LogP) is -0.302. The summed E-state index contributed by atoms with van der Waals surface area (Å²) in [4.78, 5) is 10.9. The molecule has 2 unspecified atom stereocenters. The van der Waals surface area contributed by atoms with Crippen molar-refractivity contribution in [3.05, 3.63) is 0 Å². The van der Waals surface area contributed by atoms with Gasteiger partial charge in [0, 0.05) is 0 Å². The molecule has 0 aromatic heterocycles. The molecule has 14 heavy (non-hydrogen) atoms. The molecule has 2 atom stereocenters. The summed E-state index contributed by atoms with van der Waals surface area (Å²) < 4.78 is 18.8. The van der Waals surface area contributed by atoms with Crippen LogP contribution in [0.4, 0.5) is 0 Å². The van der Waals surface area contributed by atoms with Gasteiger partial charge in [-0.05, 0) is 18.9 Å². The lowest BCUT2D eigenvalue weighted by atomic mass is 10.0. The van der Waals surface area contributed by atoms with Crippen molar-refractivity contribution in [1.82, 2.24) is 5.32 Å². The average molecular weight is 222 g/mol. The van der Waals surface area contributed by atoms with Crippen LogP contribution in [0.2, 0.25) is 0 Å². The molecule has 0 saturated carbocycles. The van der Waals surface area contributed by atoms with Gasteiger partial charge in [0.1, 0.15) is 0 Å². The predicted molar refractivity (Wildman–Crippen MR) is 56.1 cm³/mol. The smallest absolute Gasteiger partial charge is 0.234 e. The van der Waals surface area contributed by atoms with E-state index in [1.807, 2.05) is 13.8 Å². The third kappa shape index (κ3) is 6.06. The van der Waals surface area contributed by atoms with Crippen LogP contribution < -0.4 is 11.1 Å². The summed E-state index contributed by atoms with van der Waals surface area (Å²) in [6.07, 6.45) is 0.555. The highest BCUT2D eigenvalue weighted by atomic mass is 32.2. The highest BCUT2D eigenvalue weighted by Crippen LogP contribution is 2.00. The van der Waals surface area contributed by atoms with Crippen molar-refractivity contribution in [1.29, 1.82) is 0 Å². The van der Waals surface area contributed by atoms with E-state index in [9.17, 15) is 9.00 Å². The normalized spacial score (nSPS) is 15.4. The molecule has 0 spiro atoms. The Morgan fingerprint density at radius 2 is 2.14 bits per heavy atom. The number of carbonyl (C=O) groups is 1. The van der Waals surface area contributed by atoms with Crippen LogP contribution in [0.1, 0.15) is 20.3 Å². The van der Waals surface area contributed by atoms with Gasteiger partial charge >= 0.3 is 0 Å². The van der Waals surface area contributed by atoms with Gasteiger partial charge in [-0.25, -0.2) is 4.21 Å². The molecule has 0 heterocycles. The summed E-state index contributed by atoms with van der Waals surface area (Å²) in [7, 11) is 0. The van der Waals surface area contributed by atoms with E-state index in [0.717, 1.165) is 0 Å². The minimum atomic E-state index is -1.76. The van der Waals surface area contributed by atoms with E-state index in [2.05, 4.69) is 5.32 Å². The van der Waals surface area contributed by atoms with E-state index < -0.39 is 11.1 Å². The van der Waals surface area contributed by atoms with Crippen LogP contribution in [0.5, 0.6) is 0 Å². The van der Waals surface area contributed by atoms with Crippen LogP contribution in [-0.2, 0) is 15.9 Å². The van der Waals surface area contributed by atoms with Crippen molar-refractivity contribution in [3.8, 4) is 0 Å². The van der Waals surface area contributed by atoms with Gasteiger partial charge in [-0.15, -0.1) is 0 Å². The summed E-state index contributed by atoms with van der Waals surface area (Å²) in [6, 6.07) is -0.359. The molecular formula is C8H18N2O3S. The Balaban J connectivity index is 3.73. The molecule has 0 aromatic carbocycles. The van der Waals surface area contributed by atoms with Crippen LogP contribution in [0.15, 0.2) is 0 Å². The molecule has 0 aliphatic rings. The van der Waals surface area contributed by atoms with Gasteiger partial charge < -0.3 is 15.6 Å². The molecule has 0 saturated heterocycles. The second kappa shape index (κ2) is 6.92. The maximum absolute atomic E-state index is 10.9. The van der Waals surface area contributed by atoms with Crippen LogP contribution in [0, 0.1) is 5.92 Å². The van der Waals surface area contributed by atoms with E-state index in [1.54, 1.807) is 0 Å². The summed E-state index contributed by atoms with van der Waals surface area (Å²) in [6.45, 7) is 4.32. The Bertz CT molecular complexity index is 209. The topological polar surface area (TPSA) is 92.4 Å². The Morgan fingerprint density at radius 3 is 2.50 bits per heavy atom. The van der Waals surface area contributed by atoms with E-state index in [4.69, 9.17) is 10.3 Å². The minimum absolute atomic E-state index is 0.132. The summed E-state index contributed by atoms with van der Waals surface area (Å²) in [5.74, 6) is -0.0337. The number of rotatable bonds is 7. The van der Waals surface area contributed by atoms with Crippen molar-refractivity contribution >= 4 is 17.0 Å². The highest BCUT2D eigenvalue weighted by Gasteiger charge is 2.17. The molecule has 6 heteroatoms. The second-order valence-electron chi connectivity index (χ2n) is 3.46. The largest absolute Gasteiger partial charge is 0.368 e. The van der Waals surface area contributed by atoms with Gasteiger partial charge in [-0.3, -0.25) is 4.79 Å².